The smallest absolute Gasteiger partial charge is 0.336 e. The lowest BCUT2D eigenvalue weighted by molar-refractivity contribution is -0.139. The molecule has 1 aliphatic rings. The molecule has 4 N–H and O–H groups in total. The van der Waals surface area contributed by atoms with Crippen molar-refractivity contribution >= 4 is 23.5 Å². The van der Waals surface area contributed by atoms with Gasteiger partial charge in [-0.1, -0.05) is 6.07 Å². The summed E-state index contributed by atoms with van der Waals surface area (Å²) in [5.74, 6) is -2.69. The Morgan fingerprint density at radius 3 is 2.62 bits per heavy atom. The molecule has 0 bridgehead atoms. The first kappa shape index (κ1) is 15.0. The summed E-state index contributed by atoms with van der Waals surface area (Å²) >= 11 is 0. The zero-order valence-corrected chi connectivity index (χ0v) is 11.3. The number of nitrogens with zero attached hydrogens (tertiary/aromatic N) is 1. The van der Waals surface area contributed by atoms with Crippen LogP contribution >= 0.6 is 0 Å². The van der Waals surface area contributed by atoms with Crippen molar-refractivity contribution in [1.82, 2.24) is 0 Å². The van der Waals surface area contributed by atoms with E-state index in [1.165, 1.54) is 11.0 Å². The second-order valence-corrected chi connectivity index (χ2v) is 4.91. The number of aliphatic carboxylic acids is 1. The molecule has 1 amide bonds. The highest BCUT2D eigenvalue weighted by molar-refractivity contribution is 6.01. The molecule has 21 heavy (non-hydrogen) atoms. The molecule has 1 unspecified atom stereocenters. The predicted octanol–water partition coefficient (Wildman–Crippen LogP) is 0.466. The lowest BCUT2D eigenvalue weighted by atomic mass is 9.95. The van der Waals surface area contributed by atoms with Crippen LogP contribution in [0.3, 0.4) is 0 Å². The molecular weight excluding hydrogens is 276 g/mol. The van der Waals surface area contributed by atoms with E-state index < -0.39 is 30.3 Å². The Balaban J connectivity index is 2.34. The molecule has 1 aromatic rings. The summed E-state index contributed by atoms with van der Waals surface area (Å²) in [6, 6.07) is 3.58. The SMILES string of the molecule is NC(CC(=O)O)C(=O)N1CCCc2c(C(=O)O)cccc21. The molecule has 7 nitrogen and oxygen atoms in total. The summed E-state index contributed by atoms with van der Waals surface area (Å²) in [5, 5.41) is 17.9. The molecule has 1 heterocycles. The number of carbonyl (C=O) groups excluding carboxylic acids is 1. The highest BCUT2D eigenvalue weighted by atomic mass is 16.4. The van der Waals surface area contributed by atoms with Gasteiger partial charge in [0.05, 0.1) is 18.0 Å². The molecule has 0 fully saturated rings. The van der Waals surface area contributed by atoms with Crippen molar-refractivity contribution in [1.29, 1.82) is 0 Å². The van der Waals surface area contributed by atoms with E-state index in [-0.39, 0.29) is 5.56 Å². The van der Waals surface area contributed by atoms with Crippen molar-refractivity contribution in [2.45, 2.75) is 25.3 Å². The number of aromatic carboxylic acids is 1. The van der Waals surface area contributed by atoms with Crippen molar-refractivity contribution in [3.8, 4) is 0 Å². The third kappa shape index (κ3) is 3.03. The van der Waals surface area contributed by atoms with Crippen LogP contribution in [0.4, 0.5) is 5.69 Å². The van der Waals surface area contributed by atoms with Crippen LogP contribution < -0.4 is 10.6 Å². The fourth-order valence-electron chi connectivity index (χ4n) is 2.53. The molecule has 0 saturated heterocycles. The minimum absolute atomic E-state index is 0.164. The number of rotatable bonds is 4. The van der Waals surface area contributed by atoms with Crippen LogP contribution in [0.1, 0.15) is 28.8 Å². The molecular formula is C14H16N2O5. The number of hydrogen-bond donors (Lipinski definition) is 3. The number of benzene rings is 1. The van der Waals surface area contributed by atoms with E-state index in [0.29, 0.717) is 30.6 Å². The highest BCUT2D eigenvalue weighted by Gasteiger charge is 2.29. The third-order valence-corrected chi connectivity index (χ3v) is 3.46. The molecule has 7 heteroatoms. The summed E-state index contributed by atoms with van der Waals surface area (Å²) < 4.78 is 0. The van der Waals surface area contributed by atoms with Gasteiger partial charge in [-0.15, -0.1) is 0 Å². The predicted molar refractivity (Wildman–Crippen MR) is 74.3 cm³/mol. The molecule has 0 saturated carbocycles. The van der Waals surface area contributed by atoms with E-state index >= 15 is 0 Å². The summed E-state index contributed by atoms with van der Waals surface area (Å²) in [5.41, 5.74) is 6.88. The number of anilines is 1. The Morgan fingerprint density at radius 1 is 1.29 bits per heavy atom. The topological polar surface area (TPSA) is 121 Å². The van der Waals surface area contributed by atoms with Crippen LogP contribution in [0.25, 0.3) is 0 Å². The lowest BCUT2D eigenvalue weighted by Crippen LogP contribution is -2.47. The standard InChI is InChI=1S/C14H16N2O5/c15-10(7-12(17)18)13(19)16-6-2-4-8-9(14(20)21)3-1-5-11(8)16/h1,3,5,10H,2,4,6-7,15H2,(H,17,18)(H,20,21). The van der Waals surface area contributed by atoms with Crippen LogP contribution in [0.2, 0.25) is 0 Å². The third-order valence-electron chi connectivity index (χ3n) is 3.46. The summed E-state index contributed by atoms with van der Waals surface area (Å²) in [7, 11) is 0. The maximum Gasteiger partial charge on any atom is 0.336 e. The number of carboxylic acids is 2. The number of amides is 1. The van der Waals surface area contributed by atoms with Gasteiger partial charge in [-0.3, -0.25) is 9.59 Å². The molecule has 1 aromatic carbocycles. The van der Waals surface area contributed by atoms with Crippen LogP contribution in [0, 0.1) is 0 Å². The summed E-state index contributed by atoms with van der Waals surface area (Å²) in [4.78, 5) is 35.5. The second-order valence-electron chi connectivity index (χ2n) is 4.91. The summed E-state index contributed by atoms with van der Waals surface area (Å²) in [6.45, 7) is 0.405. The molecule has 112 valence electrons. The van der Waals surface area contributed by atoms with E-state index in [0.717, 1.165) is 0 Å². The van der Waals surface area contributed by atoms with Crippen molar-refractivity contribution in [2.24, 2.45) is 5.73 Å². The first-order chi connectivity index (χ1) is 9.91. The number of fused-ring (bicyclic) bond motifs is 1. The molecule has 0 spiro atoms. The minimum atomic E-state index is -1.15. The van der Waals surface area contributed by atoms with Crippen LogP contribution in [0.5, 0.6) is 0 Å². The molecule has 0 radical (unpaired) electrons. The van der Waals surface area contributed by atoms with Gasteiger partial charge in [0.2, 0.25) is 5.91 Å². The van der Waals surface area contributed by atoms with E-state index in [9.17, 15) is 19.5 Å². The van der Waals surface area contributed by atoms with Gasteiger partial charge in [0.15, 0.2) is 0 Å². The zero-order chi connectivity index (χ0) is 15.6. The first-order valence-corrected chi connectivity index (χ1v) is 6.55. The Morgan fingerprint density at radius 2 is 2.00 bits per heavy atom. The Bertz CT molecular complexity index is 599. The van der Waals surface area contributed by atoms with Gasteiger partial charge in [0, 0.05) is 12.2 Å². The molecule has 0 aromatic heterocycles. The lowest BCUT2D eigenvalue weighted by Gasteiger charge is -2.31. The van der Waals surface area contributed by atoms with E-state index in [1.807, 2.05) is 0 Å². The maximum absolute atomic E-state index is 12.3. The van der Waals surface area contributed by atoms with Gasteiger partial charge in [-0.2, -0.15) is 0 Å². The van der Waals surface area contributed by atoms with Gasteiger partial charge >= 0.3 is 11.9 Å². The zero-order valence-electron chi connectivity index (χ0n) is 11.3. The largest absolute Gasteiger partial charge is 0.481 e. The van der Waals surface area contributed by atoms with Gasteiger partial charge in [-0.05, 0) is 30.5 Å². The summed E-state index contributed by atoms with van der Waals surface area (Å²) in [6.07, 6.45) is 0.724. The van der Waals surface area contributed by atoms with Gasteiger partial charge in [-0.25, -0.2) is 4.79 Å². The van der Waals surface area contributed by atoms with Crippen molar-refractivity contribution < 1.29 is 24.6 Å². The van der Waals surface area contributed by atoms with E-state index in [2.05, 4.69) is 0 Å². The second kappa shape index (κ2) is 5.92. The van der Waals surface area contributed by atoms with Crippen molar-refractivity contribution in [2.75, 3.05) is 11.4 Å². The maximum atomic E-state index is 12.3. The molecule has 1 atom stereocenters. The molecule has 1 aliphatic heterocycles. The van der Waals surface area contributed by atoms with Gasteiger partial charge in [0.1, 0.15) is 0 Å². The van der Waals surface area contributed by atoms with E-state index in [4.69, 9.17) is 10.8 Å². The van der Waals surface area contributed by atoms with Crippen molar-refractivity contribution in [3.63, 3.8) is 0 Å². The van der Waals surface area contributed by atoms with Gasteiger partial charge < -0.3 is 20.8 Å². The molecule has 2 rings (SSSR count). The Labute approximate surface area is 121 Å². The average Bonchev–Trinajstić information content (AvgIpc) is 2.44. The Hall–Kier alpha value is -2.41. The number of nitrogens with two attached hydrogens (primary N) is 1. The van der Waals surface area contributed by atoms with Crippen molar-refractivity contribution in [3.05, 3.63) is 29.3 Å². The fraction of sp³-hybridized carbons (Fsp3) is 0.357. The number of carboxylic acid groups (broad SMARTS) is 2. The number of carbonyl (C=O) groups is 3. The quantitative estimate of drug-likeness (QED) is 0.741. The van der Waals surface area contributed by atoms with E-state index in [1.54, 1.807) is 12.1 Å². The van der Waals surface area contributed by atoms with Crippen LogP contribution in [-0.4, -0.2) is 40.6 Å². The minimum Gasteiger partial charge on any atom is -0.481 e. The first-order valence-electron chi connectivity index (χ1n) is 6.55. The average molecular weight is 292 g/mol. The monoisotopic (exact) mass is 292 g/mol. The highest BCUT2D eigenvalue weighted by Crippen LogP contribution is 2.30. The van der Waals surface area contributed by atoms with Crippen LogP contribution in [-0.2, 0) is 16.0 Å². The molecule has 0 aliphatic carbocycles. The number of hydrogen-bond acceptors (Lipinski definition) is 4. The normalized spacial score (nSPS) is 15.2. The van der Waals surface area contributed by atoms with Gasteiger partial charge in [0.25, 0.3) is 0 Å². The fourth-order valence-corrected chi connectivity index (χ4v) is 2.53. The van der Waals surface area contributed by atoms with Crippen LogP contribution in [0.15, 0.2) is 18.2 Å². The Kier molecular flexibility index (Phi) is 4.23.